The van der Waals surface area contributed by atoms with Crippen molar-refractivity contribution >= 4 is 17.9 Å². The Bertz CT molecular complexity index is 521. The van der Waals surface area contributed by atoms with Gasteiger partial charge in [-0.25, -0.2) is 9.59 Å². The standard InChI is InChI=1S/C13H18N2O5/c1-5-14-13(18)15-11(16)9(4)20-12(17)10-6-7(2)19-8(10)3/h6,9H,5H2,1-4H3,(H2,14,15,16,18)/t9-/m1/s1. The van der Waals surface area contributed by atoms with Crippen LogP contribution in [-0.2, 0) is 9.53 Å². The van der Waals surface area contributed by atoms with Crippen LogP contribution in [0.5, 0.6) is 0 Å². The molecule has 0 aromatic carbocycles. The predicted molar refractivity (Wildman–Crippen MR) is 70.3 cm³/mol. The van der Waals surface area contributed by atoms with Gasteiger partial charge in [-0.05, 0) is 33.8 Å². The first-order valence-electron chi connectivity index (χ1n) is 6.21. The van der Waals surface area contributed by atoms with Gasteiger partial charge in [-0.2, -0.15) is 0 Å². The fourth-order valence-corrected chi connectivity index (χ4v) is 1.53. The fourth-order valence-electron chi connectivity index (χ4n) is 1.53. The summed E-state index contributed by atoms with van der Waals surface area (Å²) < 4.78 is 10.2. The Morgan fingerprint density at radius 2 is 2.00 bits per heavy atom. The zero-order chi connectivity index (χ0) is 15.3. The second-order valence-corrected chi connectivity index (χ2v) is 4.22. The van der Waals surface area contributed by atoms with Crippen molar-refractivity contribution < 1.29 is 23.5 Å². The number of amides is 3. The van der Waals surface area contributed by atoms with E-state index in [1.165, 1.54) is 13.0 Å². The van der Waals surface area contributed by atoms with Crippen molar-refractivity contribution in [2.45, 2.75) is 33.8 Å². The minimum Gasteiger partial charge on any atom is -0.466 e. The number of imide groups is 1. The van der Waals surface area contributed by atoms with E-state index in [9.17, 15) is 14.4 Å². The maximum Gasteiger partial charge on any atom is 0.342 e. The smallest absolute Gasteiger partial charge is 0.342 e. The molecule has 1 rings (SSSR count). The molecule has 1 atom stereocenters. The van der Waals surface area contributed by atoms with Gasteiger partial charge >= 0.3 is 12.0 Å². The van der Waals surface area contributed by atoms with E-state index in [4.69, 9.17) is 9.15 Å². The first-order valence-corrected chi connectivity index (χ1v) is 6.21. The number of hydrogen-bond acceptors (Lipinski definition) is 5. The van der Waals surface area contributed by atoms with Crippen molar-refractivity contribution in [2.75, 3.05) is 6.54 Å². The molecule has 0 aliphatic heterocycles. The molecule has 3 amide bonds. The molecule has 0 fully saturated rings. The molecule has 0 bridgehead atoms. The summed E-state index contributed by atoms with van der Waals surface area (Å²) >= 11 is 0. The van der Waals surface area contributed by atoms with Crippen LogP contribution in [0, 0.1) is 13.8 Å². The third-order valence-corrected chi connectivity index (χ3v) is 2.49. The molecule has 0 saturated carbocycles. The summed E-state index contributed by atoms with van der Waals surface area (Å²) in [5, 5.41) is 4.47. The van der Waals surface area contributed by atoms with Crippen LogP contribution in [0.1, 0.15) is 35.7 Å². The van der Waals surface area contributed by atoms with Crippen LogP contribution in [0.2, 0.25) is 0 Å². The van der Waals surface area contributed by atoms with Crippen molar-refractivity contribution in [2.24, 2.45) is 0 Å². The van der Waals surface area contributed by atoms with E-state index >= 15 is 0 Å². The van der Waals surface area contributed by atoms with Crippen molar-refractivity contribution in [3.8, 4) is 0 Å². The van der Waals surface area contributed by atoms with Gasteiger partial charge in [-0.1, -0.05) is 0 Å². The monoisotopic (exact) mass is 282 g/mol. The highest BCUT2D eigenvalue weighted by molar-refractivity contribution is 5.98. The van der Waals surface area contributed by atoms with Crippen molar-refractivity contribution in [3.05, 3.63) is 23.2 Å². The zero-order valence-electron chi connectivity index (χ0n) is 11.9. The van der Waals surface area contributed by atoms with Crippen LogP contribution in [-0.4, -0.2) is 30.6 Å². The van der Waals surface area contributed by atoms with E-state index in [0.29, 0.717) is 18.1 Å². The summed E-state index contributed by atoms with van der Waals surface area (Å²) in [5.41, 5.74) is 0.264. The number of carbonyl (C=O) groups is 3. The fraction of sp³-hybridized carbons (Fsp3) is 0.462. The zero-order valence-corrected chi connectivity index (χ0v) is 11.9. The molecule has 0 radical (unpaired) electrons. The van der Waals surface area contributed by atoms with Crippen LogP contribution in [0.25, 0.3) is 0 Å². The van der Waals surface area contributed by atoms with Gasteiger partial charge in [-0.15, -0.1) is 0 Å². The van der Waals surface area contributed by atoms with Gasteiger partial charge in [0.2, 0.25) is 0 Å². The number of carbonyl (C=O) groups excluding carboxylic acids is 3. The molecule has 7 nitrogen and oxygen atoms in total. The molecule has 1 heterocycles. The van der Waals surface area contributed by atoms with Crippen LogP contribution >= 0.6 is 0 Å². The van der Waals surface area contributed by atoms with Gasteiger partial charge in [0.1, 0.15) is 17.1 Å². The summed E-state index contributed by atoms with van der Waals surface area (Å²) in [6, 6.07) is 0.905. The number of aryl methyl sites for hydroxylation is 2. The van der Waals surface area contributed by atoms with Crippen LogP contribution in [0.3, 0.4) is 0 Å². The second-order valence-electron chi connectivity index (χ2n) is 4.22. The molecule has 0 saturated heterocycles. The maximum atomic E-state index is 11.8. The molecule has 7 heteroatoms. The number of rotatable bonds is 4. The van der Waals surface area contributed by atoms with Gasteiger partial charge in [0.05, 0.1) is 0 Å². The minimum absolute atomic E-state index is 0.264. The average Bonchev–Trinajstić information content (AvgIpc) is 2.68. The van der Waals surface area contributed by atoms with Crippen molar-refractivity contribution in [1.29, 1.82) is 0 Å². The lowest BCUT2D eigenvalue weighted by Crippen LogP contribution is -2.44. The number of hydrogen-bond donors (Lipinski definition) is 2. The number of esters is 1. The number of furan rings is 1. The normalized spacial score (nSPS) is 11.6. The Morgan fingerprint density at radius 3 is 2.50 bits per heavy atom. The van der Waals surface area contributed by atoms with Crippen molar-refractivity contribution in [3.63, 3.8) is 0 Å². The second kappa shape index (κ2) is 6.74. The summed E-state index contributed by atoms with van der Waals surface area (Å²) in [4.78, 5) is 34.6. The van der Waals surface area contributed by atoms with E-state index in [2.05, 4.69) is 10.6 Å². The average molecular weight is 282 g/mol. The van der Waals surface area contributed by atoms with E-state index in [-0.39, 0.29) is 5.56 Å². The highest BCUT2D eigenvalue weighted by atomic mass is 16.5. The van der Waals surface area contributed by atoms with Crippen molar-refractivity contribution in [1.82, 2.24) is 10.6 Å². The van der Waals surface area contributed by atoms with E-state index in [1.807, 2.05) is 0 Å². The van der Waals surface area contributed by atoms with E-state index in [0.717, 1.165) is 0 Å². The van der Waals surface area contributed by atoms with Gasteiger partial charge in [-0.3, -0.25) is 10.1 Å². The molecule has 0 aliphatic rings. The maximum absolute atomic E-state index is 11.8. The van der Waals surface area contributed by atoms with Gasteiger partial charge in [0, 0.05) is 6.54 Å². The van der Waals surface area contributed by atoms with Crippen LogP contribution in [0.15, 0.2) is 10.5 Å². The Labute approximate surface area is 116 Å². The van der Waals surface area contributed by atoms with Crippen LogP contribution < -0.4 is 10.6 Å². The largest absolute Gasteiger partial charge is 0.466 e. The summed E-state index contributed by atoms with van der Waals surface area (Å²) in [6.07, 6.45) is -1.08. The molecule has 0 aliphatic carbocycles. The van der Waals surface area contributed by atoms with Crippen LogP contribution in [0.4, 0.5) is 4.79 Å². The number of ether oxygens (including phenoxy) is 1. The first-order chi connectivity index (χ1) is 9.35. The highest BCUT2D eigenvalue weighted by Gasteiger charge is 2.22. The van der Waals surface area contributed by atoms with Gasteiger partial charge in [0.25, 0.3) is 5.91 Å². The predicted octanol–water partition coefficient (Wildman–Crippen LogP) is 1.29. The molecule has 110 valence electrons. The molecule has 20 heavy (non-hydrogen) atoms. The minimum atomic E-state index is -1.08. The Hall–Kier alpha value is -2.31. The number of urea groups is 1. The summed E-state index contributed by atoms with van der Waals surface area (Å²) in [5.74, 6) is -0.363. The molecule has 1 aromatic heterocycles. The highest BCUT2D eigenvalue weighted by Crippen LogP contribution is 2.15. The van der Waals surface area contributed by atoms with E-state index < -0.39 is 24.0 Å². The Balaban J connectivity index is 2.59. The molecular weight excluding hydrogens is 264 g/mol. The lowest BCUT2D eigenvalue weighted by Gasteiger charge is -2.12. The first kappa shape index (κ1) is 15.7. The molecule has 0 spiro atoms. The molecule has 2 N–H and O–H groups in total. The van der Waals surface area contributed by atoms with Gasteiger partial charge < -0.3 is 14.5 Å². The Kier molecular flexibility index (Phi) is 5.31. The Morgan fingerprint density at radius 1 is 1.35 bits per heavy atom. The summed E-state index contributed by atoms with van der Waals surface area (Å²) in [6.45, 7) is 6.82. The number of nitrogens with one attached hydrogen (secondary N) is 2. The topological polar surface area (TPSA) is 97.6 Å². The SMILES string of the molecule is CCNC(=O)NC(=O)[C@@H](C)OC(=O)c1cc(C)oc1C. The summed E-state index contributed by atoms with van der Waals surface area (Å²) in [7, 11) is 0. The molecule has 1 aromatic rings. The molecular formula is C13H18N2O5. The van der Waals surface area contributed by atoms with Gasteiger partial charge in [0.15, 0.2) is 6.10 Å². The third-order valence-electron chi connectivity index (χ3n) is 2.49. The lowest BCUT2D eigenvalue weighted by atomic mass is 10.2. The lowest BCUT2D eigenvalue weighted by molar-refractivity contribution is -0.127. The molecule has 0 unspecified atom stereocenters. The quantitative estimate of drug-likeness (QED) is 0.811. The third kappa shape index (κ3) is 4.11. The van der Waals surface area contributed by atoms with E-state index in [1.54, 1.807) is 20.8 Å².